The molecule has 1 saturated heterocycles. The standard InChI is InChI=1S/C19H17NO2S2/c1-2-13-3-5-15(6-4-13)12-22-16-9-7-14(8-10-16)11-17-18(21)20-19(23)24-17/h3-11H,2,12H2,1H3,(H,20,21,23)/b17-11-. The molecule has 0 spiro atoms. The van der Waals surface area contributed by atoms with Crippen LogP contribution in [0.5, 0.6) is 5.75 Å². The number of hydrogen-bond donors (Lipinski definition) is 1. The topological polar surface area (TPSA) is 38.3 Å². The van der Waals surface area contributed by atoms with Gasteiger partial charge in [0.05, 0.1) is 4.91 Å². The van der Waals surface area contributed by atoms with Gasteiger partial charge in [-0.3, -0.25) is 4.79 Å². The Morgan fingerprint density at radius 1 is 1.08 bits per heavy atom. The van der Waals surface area contributed by atoms with Gasteiger partial charge in [0, 0.05) is 0 Å². The summed E-state index contributed by atoms with van der Waals surface area (Å²) in [6.45, 7) is 2.68. The number of thiocarbonyl (C=S) groups is 1. The molecule has 3 nitrogen and oxygen atoms in total. The van der Waals surface area contributed by atoms with Gasteiger partial charge >= 0.3 is 0 Å². The molecule has 2 aromatic rings. The van der Waals surface area contributed by atoms with Crippen molar-refractivity contribution in [2.45, 2.75) is 20.0 Å². The van der Waals surface area contributed by atoms with Crippen molar-refractivity contribution in [3.8, 4) is 5.75 Å². The smallest absolute Gasteiger partial charge is 0.263 e. The predicted octanol–water partition coefficient (Wildman–Crippen LogP) is 4.32. The third kappa shape index (κ3) is 4.24. The van der Waals surface area contributed by atoms with E-state index in [-0.39, 0.29) is 5.91 Å². The van der Waals surface area contributed by atoms with E-state index in [1.54, 1.807) is 0 Å². The molecule has 5 heteroatoms. The Morgan fingerprint density at radius 3 is 2.33 bits per heavy atom. The first kappa shape index (κ1) is 16.7. The fourth-order valence-corrected chi connectivity index (χ4v) is 3.31. The van der Waals surface area contributed by atoms with Crippen molar-refractivity contribution in [1.82, 2.24) is 5.32 Å². The number of carbonyl (C=O) groups excluding carboxylic acids is 1. The number of rotatable bonds is 5. The first-order valence-corrected chi connectivity index (χ1v) is 8.92. The number of amides is 1. The van der Waals surface area contributed by atoms with Crippen LogP contribution in [0.4, 0.5) is 0 Å². The SMILES string of the molecule is CCc1ccc(COc2ccc(/C=C3\SC(=S)NC3=O)cc2)cc1. The number of nitrogens with one attached hydrogen (secondary N) is 1. The summed E-state index contributed by atoms with van der Waals surface area (Å²) in [6.07, 6.45) is 2.87. The van der Waals surface area contributed by atoms with E-state index in [0.717, 1.165) is 23.3 Å². The number of benzene rings is 2. The predicted molar refractivity (Wildman–Crippen MR) is 103 cm³/mol. The highest BCUT2D eigenvalue weighted by atomic mass is 32.2. The molecule has 1 aliphatic rings. The fraction of sp³-hybridized carbons (Fsp3) is 0.158. The maximum atomic E-state index is 11.6. The van der Waals surface area contributed by atoms with Gasteiger partial charge in [0.1, 0.15) is 16.7 Å². The molecule has 1 heterocycles. The first-order valence-electron chi connectivity index (χ1n) is 7.69. The number of carbonyl (C=O) groups is 1. The average Bonchev–Trinajstić information content (AvgIpc) is 2.92. The Kier molecular flexibility index (Phi) is 5.33. The molecule has 0 aromatic heterocycles. The van der Waals surface area contributed by atoms with E-state index in [4.69, 9.17) is 17.0 Å². The van der Waals surface area contributed by atoms with Gasteiger partial charge in [-0.05, 0) is 41.3 Å². The van der Waals surface area contributed by atoms with Crippen LogP contribution in [-0.4, -0.2) is 10.2 Å². The zero-order chi connectivity index (χ0) is 16.9. The highest BCUT2D eigenvalue weighted by Crippen LogP contribution is 2.26. The van der Waals surface area contributed by atoms with Crippen molar-refractivity contribution in [1.29, 1.82) is 0 Å². The molecule has 0 aliphatic carbocycles. The van der Waals surface area contributed by atoms with Crippen LogP contribution in [0.2, 0.25) is 0 Å². The largest absolute Gasteiger partial charge is 0.489 e. The third-order valence-electron chi connectivity index (χ3n) is 3.66. The molecule has 0 bridgehead atoms. The summed E-state index contributed by atoms with van der Waals surface area (Å²) < 4.78 is 6.30. The molecule has 24 heavy (non-hydrogen) atoms. The normalized spacial score (nSPS) is 15.6. The second-order valence-electron chi connectivity index (χ2n) is 5.38. The molecular weight excluding hydrogens is 338 g/mol. The molecule has 0 radical (unpaired) electrons. The Morgan fingerprint density at radius 2 is 1.75 bits per heavy atom. The van der Waals surface area contributed by atoms with Crippen LogP contribution < -0.4 is 10.1 Å². The third-order valence-corrected chi connectivity index (χ3v) is 4.82. The van der Waals surface area contributed by atoms with E-state index in [1.165, 1.54) is 17.3 Å². The lowest BCUT2D eigenvalue weighted by molar-refractivity contribution is -0.115. The lowest BCUT2D eigenvalue weighted by atomic mass is 10.1. The summed E-state index contributed by atoms with van der Waals surface area (Å²) in [7, 11) is 0. The molecule has 122 valence electrons. The minimum Gasteiger partial charge on any atom is -0.489 e. The highest BCUT2D eigenvalue weighted by molar-refractivity contribution is 8.26. The molecule has 0 atom stereocenters. The molecule has 1 aliphatic heterocycles. The Bertz CT molecular complexity index is 780. The summed E-state index contributed by atoms with van der Waals surface area (Å²) in [6, 6.07) is 16.1. The van der Waals surface area contributed by atoms with Crippen LogP contribution in [0.15, 0.2) is 53.4 Å². The van der Waals surface area contributed by atoms with Crippen molar-refractivity contribution in [2.75, 3.05) is 0 Å². The minimum absolute atomic E-state index is 0.138. The van der Waals surface area contributed by atoms with Crippen molar-refractivity contribution < 1.29 is 9.53 Å². The van der Waals surface area contributed by atoms with Crippen LogP contribution in [0.3, 0.4) is 0 Å². The van der Waals surface area contributed by atoms with Crippen LogP contribution in [0, 0.1) is 0 Å². The van der Waals surface area contributed by atoms with Crippen molar-refractivity contribution >= 4 is 40.3 Å². The van der Waals surface area contributed by atoms with Crippen molar-refractivity contribution in [3.05, 3.63) is 70.1 Å². The molecule has 2 aromatic carbocycles. The van der Waals surface area contributed by atoms with Gasteiger partial charge in [0.2, 0.25) is 0 Å². The zero-order valence-corrected chi connectivity index (χ0v) is 14.9. The number of hydrogen-bond acceptors (Lipinski definition) is 4. The summed E-state index contributed by atoms with van der Waals surface area (Å²) in [5.74, 6) is 0.664. The quantitative estimate of drug-likeness (QED) is 0.640. The fourth-order valence-electron chi connectivity index (χ4n) is 2.27. The zero-order valence-electron chi connectivity index (χ0n) is 13.2. The molecular formula is C19H17NO2S2. The van der Waals surface area contributed by atoms with E-state index in [9.17, 15) is 4.79 Å². The van der Waals surface area contributed by atoms with E-state index < -0.39 is 0 Å². The molecule has 0 saturated carbocycles. The second kappa shape index (κ2) is 7.64. The van der Waals surface area contributed by atoms with Crippen molar-refractivity contribution in [3.63, 3.8) is 0 Å². The summed E-state index contributed by atoms with van der Waals surface area (Å²) >= 11 is 6.26. The van der Waals surface area contributed by atoms with Gasteiger partial charge in [-0.25, -0.2) is 0 Å². The van der Waals surface area contributed by atoms with Gasteiger partial charge in [-0.1, -0.05) is 67.3 Å². The highest BCUT2D eigenvalue weighted by Gasteiger charge is 2.21. The van der Waals surface area contributed by atoms with Crippen LogP contribution in [0.1, 0.15) is 23.6 Å². The molecule has 1 fully saturated rings. The minimum atomic E-state index is -0.138. The van der Waals surface area contributed by atoms with Crippen LogP contribution >= 0.6 is 24.0 Å². The second-order valence-corrected chi connectivity index (χ2v) is 7.10. The monoisotopic (exact) mass is 355 g/mol. The lowest BCUT2D eigenvalue weighted by Gasteiger charge is -2.07. The molecule has 3 rings (SSSR count). The van der Waals surface area contributed by atoms with E-state index in [1.807, 2.05) is 30.3 Å². The van der Waals surface area contributed by atoms with Gasteiger partial charge in [-0.2, -0.15) is 0 Å². The van der Waals surface area contributed by atoms with E-state index in [2.05, 4.69) is 36.5 Å². The Balaban J connectivity index is 1.61. The van der Waals surface area contributed by atoms with Crippen molar-refractivity contribution in [2.24, 2.45) is 0 Å². The first-order chi connectivity index (χ1) is 11.6. The Hall–Kier alpha value is -2.11. The van der Waals surface area contributed by atoms with E-state index in [0.29, 0.717) is 15.8 Å². The number of thioether (sulfide) groups is 1. The summed E-state index contributed by atoms with van der Waals surface area (Å²) in [5.41, 5.74) is 3.41. The average molecular weight is 355 g/mol. The van der Waals surface area contributed by atoms with Crippen LogP contribution in [0.25, 0.3) is 6.08 Å². The maximum Gasteiger partial charge on any atom is 0.263 e. The summed E-state index contributed by atoms with van der Waals surface area (Å²) in [4.78, 5) is 12.3. The summed E-state index contributed by atoms with van der Waals surface area (Å²) in [5, 5.41) is 2.61. The van der Waals surface area contributed by atoms with Crippen LogP contribution in [-0.2, 0) is 17.8 Å². The van der Waals surface area contributed by atoms with Gasteiger partial charge < -0.3 is 10.1 Å². The lowest BCUT2D eigenvalue weighted by Crippen LogP contribution is -2.17. The van der Waals surface area contributed by atoms with Gasteiger partial charge in [-0.15, -0.1) is 0 Å². The van der Waals surface area contributed by atoms with E-state index >= 15 is 0 Å². The maximum absolute atomic E-state index is 11.6. The van der Waals surface area contributed by atoms with Gasteiger partial charge in [0.25, 0.3) is 5.91 Å². The molecule has 0 unspecified atom stereocenters. The number of ether oxygens (including phenoxy) is 1. The van der Waals surface area contributed by atoms with Gasteiger partial charge in [0.15, 0.2) is 0 Å². The Labute approximate surface area is 151 Å². The molecule has 1 amide bonds. The number of aryl methyl sites for hydroxylation is 1. The molecule has 1 N–H and O–H groups in total.